The van der Waals surface area contributed by atoms with E-state index in [0.717, 1.165) is 22.8 Å². The fraction of sp³-hybridized carbons (Fsp3) is 0.385. The maximum Gasteiger partial charge on any atom is 0.0847 e. The van der Waals surface area contributed by atoms with Crippen LogP contribution < -0.4 is 5.73 Å². The molecule has 18 heavy (non-hydrogen) atoms. The van der Waals surface area contributed by atoms with Crippen LogP contribution in [0.15, 0.2) is 18.2 Å². The average molecular weight is 265 g/mol. The van der Waals surface area contributed by atoms with E-state index in [1.807, 2.05) is 39.1 Å². The highest BCUT2D eigenvalue weighted by molar-refractivity contribution is 6.31. The Hall–Kier alpha value is -1.39. The number of hydrogen-bond donors (Lipinski definition) is 1. The van der Waals surface area contributed by atoms with Gasteiger partial charge < -0.3 is 5.73 Å². The van der Waals surface area contributed by atoms with Crippen LogP contribution in [0, 0.1) is 13.8 Å². The van der Waals surface area contributed by atoms with Gasteiger partial charge in [0, 0.05) is 19.2 Å². The first kappa shape index (κ1) is 13.1. The summed E-state index contributed by atoms with van der Waals surface area (Å²) in [5.41, 5.74) is 9.81. The fourth-order valence-electron chi connectivity index (χ4n) is 1.99. The number of rotatable bonds is 3. The van der Waals surface area contributed by atoms with E-state index in [4.69, 9.17) is 17.3 Å². The molecule has 4 nitrogen and oxygen atoms in total. The van der Waals surface area contributed by atoms with E-state index in [1.165, 1.54) is 0 Å². The predicted octanol–water partition coefficient (Wildman–Crippen LogP) is 2.33. The third kappa shape index (κ3) is 2.54. The van der Waals surface area contributed by atoms with Gasteiger partial charge in [0.1, 0.15) is 0 Å². The minimum absolute atomic E-state index is 0.169. The highest BCUT2D eigenvalue weighted by Crippen LogP contribution is 2.23. The summed E-state index contributed by atoms with van der Waals surface area (Å²) in [4.78, 5) is 4.44. The van der Waals surface area contributed by atoms with Crippen molar-refractivity contribution in [1.82, 2.24) is 14.8 Å². The number of pyridine rings is 1. The van der Waals surface area contributed by atoms with Crippen molar-refractivity contribution in [2.75, 3.05) is 0 Å². The normalized spacial score (nSPS) is 12.7. The van der Waals surface area contributed by atoms with Crippen LogP contribution in [-0.4, -0.2) is 14.8 Å². The summed E-state index contributed by atoms with van der Waals surface area (Å²) in [5, 5.41) is 4.98. The Bertz CT molecular complexity index is 562. The van der Waals surface area contributed by atoms with Crippen molar-refractivity contribution in [3.63, 3.8) is 0 Å². The first-order valence-electron chi connectivity index (χ1n) is 5.86. The van der Waals surface area contributed by atoms with Crippen LogP contribution in [0.1, 0.15) is 28.8 Å². The molecule has 0 radical (unpaired) electrons. The van der Waals surface area contributed by atoms with E-state index in [-0.39, 0.29) is 6.04 Å². The quantitative estimate of drug-likeness (QED) is 0.926. The molecule has 0 aliphatic carbocycles. The second-order valence-corrected chi connectivity index (χ2v) is 4.86. The summed E-state index contributed by atoms with van der Waals surface area (Å²) in [6.07, 6.45) is 0.632. The van der Waals surface area contributed by atoms with Crippen LogP contribution in [0.4, 0.5) is 0 Å². The maximum atomic E-state index is 6.22. The molecule has 2 aromatic heterocycles. The van der Waals surface area contributed by atoms with Gasteiger partial charge in [0.2, 0.25) is 0 Å². The highest BCUT2D eigenvalue weighted by Gasteiger charge is 2.16. The molecule has 96 valence electrons. The molecule has 5 heteroatoms. The molecule has 0 fully saturated rings. The largest absolute Gasteiger partial charge is 0.322 e. The van der Waals surface area contributed by atoms with Crippen molar-refractivity contribution < 1.29 is 0 Å². The smallest absolute Gasteiger partial charge is 0.0847 e. The van der Waals surface area contributed by atoms with Crippen molar-refractivity contribution in [1.29, 1.82) is 0 Å². The summed E-state index contributed by atoms with van der Waals surface area (Å²) < 4.78 is 1.79. The lowest BCUT2D eigenvalue weighted by Gasteiger charge is -2.12. The van der Waals surface area contributed by atoms with Gasteiger partial charge in [-0.05, 0) is 26.0 Å². The number of nitrogens with zero attached hydrogens (tertiary/aromatic N) is 3. The SMILES string of the molecule is Cc1cccc(C(N)Cc2c(Cl)c(C)nn2C)n1. The first-order valence-corrected chi connectivity index (χ1v) is 6.24. The molecule has 0 bridgehead atoms. The van der Waals surface area contributed by atoms with Gasteiger partial charge in [-0.2, -0.15) is 5.10 Å². The number of aromatic nitrogens is 3. The Morgan fingerprint density at radius 2 is 2.11 bits per heavy atom. The van der Waals surface area contributed by atoms with E-state index in [2.05, 4.69) is 10.1 Å². The Labute approximate surface area is 112 Å². The zero-order valence-corrected chi connectivity index (χ0v) is 11.6. The van der Waals surface area contributed by atoms with Gasteiger partial charge in [-0.15, -0.1) is 0 Å². The van der Waals surface area contributed by atoms with Crippen LogP contribution in [0.25, 0.3) is 0 Å². The van der Waals surface area contributed by atoms with Crippen molar-refractivity contribution in [2.24, 2.45) is 12.8 Å². The molecule has 0 saturated carbocycles. The molecule has 0 aliphatic heterocycles. The first-order chi connectivity index (χ1) is 8.49. The van der Waals surface area contributed by atoms with Gasteiger partial charge >= 0.3 is 0 Å². The number of nitrogens with two attached hydrogens (primary N) is 1. The molecule has 0 amide bonds. The standard InChI is InChI=1S/C13H17ClN4/c1-8-5-4-6-11(16-8)10(15)7-12-13(14)9(2)17-18(12)3/h4-6,10H,7,15H2,1-3H3. The molecule has 0 aliphatic rings. The van der Waals surface area contributed by atoms with E-state index in [0.29, 0.717) is 11.4 Å². The molecule has 0 aromatic carbocycles. The molecule has 2 N–H and O–H groups in total. The zero-order valence-electron chi connectivity index (χ0n) is 10.8. The van der Waals surface area contributed by atoms with Crippen LogP contribution >= 0.6 is 11.6 Å². The van der Waals surface area contributed by atoms with Crippen molar-refractivity contribution >= 4 is 11.6 Å². The average Bonchev–Trinajstić information content (AvgIpc) is 2.56. The molecule has 1 unspecified atom stereocenters. The summed E-state index contributed by atoms with van der Waals surface area (Å²) in [7, 11) is 1.88. The van der Waals surface area contributed by atoms with Crippen molar-refractivity contribution in [2.45, 2.75) is 26.3 Å². The molecular formula is C13H17ClN4. The highest BCUT2D eigenvalue weighted by atomic mass is 35.5. The minimum atomic E-state index is -0.169. The van der Waals surface area contributed by atoms with E-state index in [9.17, 15) is 0 Å². The zero-order chi connectivity index (χ0) is 13.3. The third-order valence-electron chi connectivity index (χ3n) is 2.96. The molecule has 2 rings (SSSR count). The van der Waals surface area contributed by atoms with Crippen LogP contribution in [0.3, 0.4) is 0 Å². The Balaban J connectivity index is 2.24. The molecule has 2 aromatic rings. The van der Waals surface area contributed by atoms with Crippen molar-refractivity contribution in [3.05, 3.63) is 46.0 Å². The Kier molecular flexibility index (Phi) is 3.68. The molecule has 0 spiro atoms. The third-order valence-corrected chi connectivity index (χ3v) is 3.46. The molecule has 2 heterocycles. The molecule has 0 saturated heterocycles. The lowest BCUT2D eigenvalue weighted by atomic mass is 10.1. The summed E-state index contributed by atoms with van der Waals surface area (Å²) >= 11 is 6.22. The monoisotopic (exact) mass is 264 g/mol. The van der Waals surface area contributed by atoms with Crippen LogP contribution in [0.2, 0.25) is 5.02 Å². The van der Waals surface area contributed by atoms with E-state index < -0.39 is 0 Å². The lowest BCUT2D eigenvalue weighted by Crippen LogP contribution is -2.17. The van der Waals surface area contributed by atoms with Gasteiger partial charge in [0.15, 0.2) is 0 Å². The predicted molar refractivity (Wildman–Crippen MR) is 72.6 cm³/mol. The summed E-state index contributed by atoms with van der Waals surface area (Å²) in [6.45, 7) is 3.85. The number of halogens is 1. The molecular weight excluding hydrogens is 248 g/mol. The van der Waals surface area contributed by atoms with Gasteiger partial charge in [-0.3, -0.25) is 9.67 Å². The summed E-state index contributed by atoms with van der Waals surface area (Å²) in [5.74, 6) is 0. The Morgan fingerprint density at radius 1 is 1.39 bits per heavy atom. The van der Waals surface area contributed by atoms with E-state index in [1.54, 1.807) is 4.68 Å². The van der Waals surface area contributed by atoms with Crippen LogP contribution in [-0.2, 0) is 13.5 Å². The second-order valence-electron chi connectivity index (χ2n) is 4.48. The van der Waals surface area contributed by atoms with E-state index >= 15 is 0 Å². The maximum absolute atomic E-state index is 6.22. The minimum Gasteiger partial charge on any atom is -0.322 e. The number of hydrogen-bond acceptors (Lipinski definition) is 3. The second kappa shape index (κ2) is 5.08. The fourth-order valence-corrected chi connectivity index (χ4v) is 2.22. The number of aryl methyl sites for hydroxylation is 3. The van der Waals surface area contributed by atoms with Gasteiger partial charge in [0.05, 0.1) is 28.1 Å². The van der Waals surface area contributed by atoms with Crippen molar-refractivity contribution in [3.8, 4) is 0 Å². The van der Waals surface area contributed by atoms with Crippen LogP contribution in [0.5, 0.6) is 0 Å². The van der Waals surface area contributed by atoms with Gasteiger partial charge in [-0.25, -0.2) is 0 Å². The topological polar surface area (TPSA) is 56.7 Å². The summed E-state index contributed by atoms with van der Waals surface area (Å²) in [6, 6.07) is 5.69. The van der Waals surface area contributed by atoms with Gasteiger partial charge in [-0.1, -0.05) is 17.7 Å². The van der Waals surface area contributed by atoms with Gasteiger partial charge in [0.25, 0.3) is 0 Å². The lowest BCUT2D eigenvalue weighted by molar-refractivity contribution is 0.627. The Morgan fingerprint density at radius 3 is 2.67 bits per heavy atom. The molecule has 1 atom stereocenters.